The number of nitrogens with zero attached hydrogens (tertiary/aromatic N) is 4. The Hall–Kier alpha value is -1.69. The lowest BCUT2D eigenvalue weighted by molar-refractivity contribution is -0.136. The molecule has 1 saturated heterocycles. The summed E-state index contributed by atoms with van der Waals surface area (Å²) >= 11 is 3.52. The van der Waals surface area contributed by atoms with E-state index in [0.717, 1.165) is 47.1 Å². The molecule has 24 heavy (non-hydrogen) atoms. The summed E-state index contributed by atoms with van der Waals surface area (Å²) in [4.78, 5) is 25.5. The van der Waals surface area contributed by atoms with Gasteiger partial charge in [0.2, 0.25) is 5.91 Å². The Morgan fingerprint density at radius 2 is 2.00 bits per heavy atom. The molecule has 128 valence electrons. The summed E-state index contributed by atoms with van der Waals surface area (Å²) in [5.41, 5.74) is 0.945. The number of carbonyl (C=O) groups is 1. The lowest BCUT2D eigenvalue weighted by Gasteiger charge is -2.35. The second-order valence-electron chi connectivity index (χ2n) is 6.66. The molecule has 0 saturated carbocycles. The van der Waals surface area contributed by atoms with Crippen molar-refractivity contribution in [3.8, 4) is 0 Å². The second kappa shape index (κ2) is 7.05. The number of halogens is 1. The van der Waals surface area contributed by atoms with Crippen molar-refractivity contribution >= 4 is 38.6 Å². The van der Waals surface area contributed by atoms with Gasteiger partial charge in [0.15, 0.2) is 0 Å². The Balaban J connectivity index is 1.76. The van der Waals surface area contributed by atoms with Crippen LogP contribution in [0.25, 0.3) is 10.9 Å². The van der Waals surface area contributed by atoms with Crippen LogP contribution in [0.4, 0.5) is 5.82 Å². The summed E-state index contributed by atoms with van der Waals surface area (Å²) in [6.07, 6.45) is 3.36. The van der Waals surface area contributed by atoms with Crippen LogP contribution in [-0.4, -0.2) is 47.0 Å². The quantitative estimate of drug-likeness (QED) is 0.804. The van der Waals surface area contributed by atoms with Gasteiger partial charge in [-0.15, -0.1) is 0 Å². The summed E-state index contributed by atoms with van der Waals surface area (Å²) in [6.45, 7) is 5.80. The average molecular weight is 391 g/mol. The molecule has 0 aliphatic carbocycles. The highest BCUT2D eigenvalue weighted by Gasteiger charge is 2.29. The zero-order valence-corrected chi connectivity index (χ0v) is 16.0. The number of anilines is 1. The van der Waals surface area contributed by atoms with Gasteiger partial charge in [0.05, 0.1) is 5.52 Å². The van der Waals surface area contributed by atoms with Crippen LogP contribution in [0.2, 0.25) is 0 Å². The second-order valence-corrected chi connectivity index (χ2v) is 7.58. The van der Waals surface area contributed by atoms with Crippen LogP contribution in [0.1, 0.15) is 26.7 Å². The SMILES string of the molecule is CC(C)N(C)C(=O)C1CCN(c2ncnc3ccc(Br)cc23)CC1. The summed E-state index contributed by atoms with van der Waals surface area (Å²) in [6, 6.07) is 6.30. The number of benzene rings is 1. The lowest BCUT2D eigenvalue weighted by Crippen LogP contribution is -2.43. The predicted molar refractivity (Wildman–Crippen MR) is 100 cm³/mol. The van der Waals surface area contributed by atoms with Gasteiger partial charge in [-0.1, -0.05) is 15.9 Å². The highest BCUT2D eigenvalue weighted by atomic mass is 79.9. The maximum absolute atomic E-state index is 12.5. The van der Waals surface area contributed by atoms with Crippen molar-refractivity contribution < 1.29 is 4.79 Å². The number of amides is 1. The summed E-state index contributed by atoms with van der Waals surface area (Å²) in [7, 11) is 1.90. The smallest absolute Gasteiger partial charge is 0.225 e. The molecule has 1 aromatic heterocycles. The van der Waals surface area contributed by atoms with Crippen LogP contribution < -0.4 is 4.90 Å². The number of piperidine rings is 1. The molecular formula is C18H23BrN4O. The van der Waals surface area contributed by atoms with Crippen molar-refractivity contribution in [3.05, 3.63) is 29.0 Å². The maximum Gasteiger partial charge on any atom is 0.225 e. The molecule has 1 fully saturated rings. The molecule has 1 amide bonds. The molecule has 1 aliphatic rings. The molecule has 6 heteroatoms. The fourth-order valence-electron chi connectivity index (χ4n) is 3.15. The van der Waals surface area contributed by atoms with Gasteiger partial charge in [-0.25, -0.2) is 9.97 Å². The monoisotopic (exact) mass is 390 g/mol. The standard InChI is InChI=1S/C18H23BrN4O/c1-12(2)22(3)18(24)13-6-8-23(9-7-13)17-15-10-14(19)4-5-16(15)20-11-21-17/h4-5,10-13H,6-9H2,1-3H3. The minimum Gasteiger partial charge on any atom is -0.356 e. The Morgan fingerprint density at radius 3 is 2.67 bits per heavy atom. The van der Waals surface area contributed by atoms with Crippen molar-refractivity contribution in [1.29, 1.82) is 0 Å². The molecule has 0 atom stereocenters. The van der Waals surface area contributed by atoms with E-state index in [-0.39, 0.29) is 17.9 Å². The van der Waals surface area contributed by atoms with Crippen molar-refractivity contribution in [2.75, 3.05) is 25.0 Å². The third kappa shape index (κ3) is 3.38. The number of rotatable bonds is 3. The number of hydrogen-bond acceptors (Lipinski definition) is 4. The average Bonchev–Trinajstić information content (AvgIpc) is 2.60. The zero-order chi connectivity index (χ0) is 17.3. The van der Waals surface area contributed by atoms with E-state index in [0.29, 0.717) is 0 Å². The van der Waals surface area contributed by atoms with E-state index in [4.69, 9.17) is 0 Å². The highest BCUT2D eigenvalue weighted by Crippen LogP contribution is 2.29. The number of carbonyl (C=O) groups excluding carboxylic acids is 1. The molecule has 0 spiro atoms. The van der Waals surface area contributed by atoms with Crippen LogP contribution >= 0.6 is 15.9 Å². The topological polar surface area (TPSA) is 49.3 Å². The molecule has 3 rings (SSSR count). The van der Waals surface area contributed by atoms with E-state index in [9.17, 15) is 4.79 Å². The first kappa shape index (κ1) is 17.1. The molecular weight excluding hydrogens is 368 g/mol. The zero-order valence-electron chi connectivity index (χ0n) is 14.4. The molecule has 0 bridgehead atoms. The van der Waals surface area contributed by atoms with Gasteiger partial charge in [-0.3, -0.25) is 4.79 Å². The summed E-state index contributed by atoms with van der Waals surface area (Å²) < 4.78 is 1.02. The van der Waals surface area contributed by atoms with Gasteiger partial charge in [0, 0.05) is 42.0 Å². The Kier molecular flexibility index (Phi) is 5.04. The van der Waals surface area contributed by atoms with E-state index in [1.54, 1.807) is 6.33 Å². The van der Waals surface area contributed by atoms with E-state index in [1.807, 2.05) is 24.1 Å². The Morgan fingerprint density at radius 1 is 1.29 bits per heavy atom. The first-order valence-corrected chi connectivity index (χ1v) is 9.18. The minimum absolute atomic E-state index is 0.119. The highest BCUT2D eigenvalue weighted by molar-refractivity contribution is 9.10. The maximum atomic E-state index is 12.5. The Bertz CT molecular complexity index is 741. The van der Waals surface area contributed by atoms with Crippen LogP contribution in [-0.2, 0) is 4.79 Å². The van der Waals surface area contributed by atoms with Crippen molar-refractivity contribution in [3.63, 3.8) is 0 Å². The number of aromatic nitrogens is 2. The van der Waals surface area contributed by atoms with Gasteiger partial charge >= 0.3 is 0 Å². The first-order chi connectivity index (χ1) is 11.5. The predicted octanol–water partition coefficient (Wildman–Crippen LogP) is 3.48. The van der Waals surface area contributed by atoms with Crippen molar-refractivity contribution in [2.45, 2.75) is 32.7 Å². The first-order valence-electron chi connectivity index (χ1n) is 8.39. The Labute approximate surface area is 151 Å². The molecule has 1 aromatic carbocycles. The summed E-state index contributed by atoms with van der Waals surface area (Å²) in [5.74, 6) is 1.35. The fraction of sp³-hybridized carbons (Fsp3) is 0.500. The van der Waals surface area contributed by atoms with Crippen molar-refractivity contribution in [2.24, 2.45) is 5.92 Å². The third-order valence-corrected chi connectivity index (χ3v) is 5.34. The third-order valence-electron chi connectivity index (χ3n) is 4.84. The minimum atomic E-state index is 0.119. The molecule has 0 unspecified atom stereocenters. The molecule has 2 heterocycles. The van der Waals surface area contributed by atoms with E-state index >= 15 is 0 Å². The van der Waals surface area contributed by atoms with Gasteiger partial charge in [-0.2, -0.15) is 0 Å². The molecule has 1 aliphatic heterocycles. The van der Waals surface area contributed by atoms with Crippen LogP contribution in [0, 0.1) is 5.92 Å². The molecule has 2 aromatic rings. The number of fused-ring (bicyclic) bond motifs is 1. The molecule has 5 nitrogen and oxygen atoms in total. The van der Waals surface area contributed by atoms with Gasteiger partial charge < -0.3 is 9.80 Å². The fourth-order valence-corrected chi connectivity index (χ4v) is 3.51. The molecule has 0 radical (unpaired) electrons. The van der Waals surface area contributed by atoms with Gasteiger partial charge in [0.25, 0.3) is 0 Å². The van der Waals surface area contributed by atoms with Crippen molar-refractivity contribution in [1.82, 2.24) is 14.9 Å². The van der Waals surface area contributed by atoms with Gasteiger partial charge in [-0.05, 0) is 44.9 Å². The van der Waals surface area contributed by atoms with E-state index < -0.39 is 0 Å². The lowest BCUT2D eigenvalue weighted by atomic mass is 9.94. The van der Waals surface area contributed by atoms with Crippen LogP contribution in [0.5, 0.6) is 0 Å². The normalized spacial score (nSPS) is 16.0. The van der Waals surface area contributed by atoms with Gasteiger partial charge in [0.1, 0.15) is 12.1 Å². The summed E-state index contributed by atoms with van der Waals surface area (Å²) in [5, 5.41) is 1.05. The van der Waals surface area contributed by atoms with Crippen LogP contribution in [0.15, 0.2) is 29.0 Å². The van der Waals surface area contributed by atoms with Crippen LogP contribution in [0.3, 0.4) is 0 Å². The van der Waals surface area contributed by atoms with E-state index in [2.05, 4.69) is 50.7 Å². The van der Waals surface area contributed by atoms with E-state index in [1.165, 1.54) is 0 Å². The molecule has 0 N–H and O–H groups in total. The number of hydrogen-bond donors (Lipinski definition) is 0. The largest absolute Gasteiger partial charge is 0.356 e.